The van der Waals surface area contributed by atoms with Crippen molar-refractivity contribution in [3.8, 4) is 0 Å². The molecular formula is C15H20N4O2S. The summed E-state index contributed by atoms with van der Waals surface area (Å²) in [5, 5.41) is 8.21. The molecular weight excluding hydrogens is 300 g/mol. The Labute approximate surface area is 134 Å². The molecule has 0 fully saturated rings. The highest BCUT2D eigenvalue weighted by Gasteiger charge is 2.11. The normalized spacial score (nSPS) is 10.4. The van der Waals surface area contributed by atoms with Crippen molar-refractivity contribution < 1.29 is 9.32 Å². The maximum atomic E-state index is 11.9. The third kappa shape index (κ3) is 4.70. The molecule has 0 atom stereocenters. The number of aromatic nitrogens is 1. The average Bonchev–Trinajstić information content (AvgIpc) is 2.93. The lowest BCUT2D eigenvalue weighted by atomic mass is 10.2. The first-order valence-electron chi connectivity index (χ1n) is 7.36. The van der Waals surface area contributed by atoms with Gasteiger partial charge in [-0.2, -0.15) is 0 Å². The molecule has 7 heteroatoms. The SMILES string of the molecule is CCCCCNC(=S)NNC(=O)Cc1noc2ccccc12. The van der Waals surface area contributed by atoms with Gasteiger partial charge in [0.25, 0.3) is 0 Å². The van der Waals surface area contributed by atoms with Crippen LogP contribution >= 0.6 is 12.2 Å². The molecule has 1 aromatic heterocycles. The van der Waals surface area contributed by atoms with Crippen molar-refractivity contribution in [2.75, 3.05) is 6.54 Å². The predicted octanol–water partition coefficient (Wildman–Crippen LogP) is 2.06. The molecule has 0 aliphatic heterocycles. The predicted molar refractivity (Wildman–Crippen MR) is 89.1 cm³/mol. The molecule has 2 aromatic rings. The van der Waals surface area contributed by atoms with Crippen LogP contribution in [0.2, 0.25) is 0 Å². The number of unbranched alkanes of at least 4 members (excludes halogenated alkanes) is 2. The second kappa shape index (κ2) is 8.33. The first kappa shape index (κ1) is 16.2. The molecule has 118 valence electrons. The third-order valence-corrected chi connectivity index (χ3v) is 3.41. The number of para-hydroxylation sites is 1. The monoisotopic (exact) mass is 320 g/mol. The quantitative estimate of drug-likeness (QED) is 0.429. The van der Waals surface area contributed by atoms with E-state index >= 15 is 0 Å². The van der Waals surface area contributed by atoms with Crippen LogP contribution in [0.25, 0.3) is 11.0 Å². The zero-order valence-electron chi connectivity index (χ0n) is 12.5. The minimum Gasteiger partial charge on any atom is -0.361 e. The van der Waals surface area contributed by atoms with Crippen LogP contribution in [0.5, 0.6) is 0 Å². The number of nitrogens with one attached hydrogen (secondary N) is 3. The summed E-state index contributed by atoms with van der Waals surface area (Å²) >= 11 is 5.08. The van der Waals surface area contributed by atoms with Gasteiger partial charge in [0.15, 0.2) is 10.7 Å². The summed E-state index contributed by atoms with van der Waals surface area (Å²) < 4.78 is 5.16. The molecule has 0 aliphatic carbocycles. The summed E-state index contributed by atoms with van der Waals surface area (Å²) in [5.74, 6) is -0.225. The van der Waals surface area contributed by atoms with Crippen molar-refractivity contribution >= 4 is 34.2 Å². The number of rotatable bonds is 6. The van der Waals surface area contributed by atoms with E-state index < -0.39 is 0 Å². The molecule has 0 saturated heterocycles. The van der Waals surface area contributed by atoms with Crippen LogP contribution in [0.1, 0.15) is 31.9 Å². The lowest BCUT2D eigenvalue weighted by Gasteiger charge is -2.10. The number of thiocarbonyl (C=S) groups is 1. The maximum absolute atomic E-state index is 11.9. The first-order chi connectivity index (χ1) is 10.7. The fourth-order valence-corrected chi connectivity index (χ4v) is 2.16. The lowest BCUT2D eigenvalue weighted by molar-refractivity contribution is -0.121. The number of carbonyl (C=O) groups excluding carboxylic acids is 1. The van der Waals surface area contributed by atoms with E-state index in [1.54, 1.807) is 0 Å². The number of fused-ring (bicyclic) bond motifs is 1. The molecule has 1 heterocycles. The topological polar surface area (TPSA) is 79.2 Å². The van der Waals surface area contributed by atoms with E-state index in [1.165, 1.54) is 0 Å². The fourth-order valence-electron chi connectivity index (χ4n) is 2.01. The minimum absolute atomic E-state index is 0.127. The number of amides is 1. The Morgan fingerprint density at radius 3 is 2.91 bits per heavy atom. The van der Waals surface area contributed by atoms with Crippen LogP contribution in [0.3, 0.4) is 0 Å². The zero-order chi connectivity index (χ0) is 15.8. The number of hydrazine groups is 1. The van der Waals surface area contributed by atoms with Crippen molar-refractivity contribution in [1.29, 1.82) is 0 Å². The van der Waals surface area contributed by atoms with E-state index in [4.69, 9.17) is 16.7 Å². The number of nitrogens with zero attached hydrogens (tertiary/aromatic N) is 1. The van der Waals surface area contributed by atoms with Crippen molar-refractivity contribution in [2.24, 2.45) is 0 Å². The van der Waals surface area contributed by atoms with Crippen LogP contribution in [-0.4, -0.2) is 22.7 Å². The van der Waals surface area contributed by atoms with Gasteiger partial charge < -0.3 is 9.84 Å². The number of hydrogen-bond donors (Lipinski definition) is 3. The van der Waals surface area contributed by atoms with Gasteiger partial charge in [-0.3, -0.25) is 15.6 Å². The molecule has 1 aromatic carbocycles. The molecule has 0 saturated carbocycles. The van der Waals surface area contributed by atoms with Crippen molar-refractivity contribution in [3.63, 3.8) is 0 Å². The summed E-state index contributed by atoms with van der Waals surface area (Å²) in [5.41, 5.74) is 6.51. The minimum atomic E-state index is -0.225. The zero-order valence-corrected chi connectivity index (χ0v) is 13.3. The van der Waals surface area contributed by atoms with E-state index in [0.29, 0.717) is 16.4 Å². The standard InChI is InChI=1S/C15H20N4O2S/c1-2-3-6-9-16-15(22)18-17-14(20)10-12-11-7-4-5-8-13(11)21-19-12/h4-5,7-8H,2-3,6,9-10H2,1H3,(H,17,20)(H2,16,18,22). The molecule has 0 spiro atoms. The van der Waals surface area contributed by atoms with E-state index in [9.17, 15) is 4.79 Å². The van der Waals surface area contributed by atoms with E-state index in [2.05, 4.69) is 28.2 Å². The highest BCUT2D eigenvalue weighted by molar-refractivity contribution is 7.80. The van der Waals surface area contributed by atoms with E-state index in [1.807, 2.05) is 24.3 Å². The van der Waals surface area contributed by atoms with Crippen LogP contribution in [-0.2, 0) is 11.2 Å². The van der Waals surface area contributed by atoms with Gasteiger partial charge in [0.2, 0.25) is 5.91 Å². The molecule has 0 radical (unpaired) electrons. The van der Waals surface area contributed by atoms with Gasteiger partial charge in [0.1, 0.15) is 5.69 Å². The Balaban J connectivity index is 1.75. The van der Waals surface area contributed by atoms with Gasteiger partial charge in [-0.15, -0.1) is 0 Å². The number of hydrogen-bond acceptors (Lipinski definition) is 4. The highest BCUT2D eigenvalue weighted by Crippen LogP contribution is 2.17. The number of carbonyl (C=O) groups is 1. The maximum Gasteiger partial charge on any atom is 0.244 e. The summed E-state index contributed by atoms with van der Waals surface area (Å²) in [4.78, 5) is 11.9. The largest absolute Gasteiger partial charge is 0.361 e. The second-order valence-corrected chi connectivity index (χ2v) is 5.35. The van der Waals surface area contributed by atoms with Gasteiger partial charge in [0, 0.05) is 11.9 Å². The van der Waals surface area contributed by atoms with E-state index in [0.717, 1.165) is 31.2 Å². The third-order valence-electron chi connectivity index (χ3n) is 3.16. The van der Waals surface area contributed by atoms with Gasteiger partial charge in [-0.25, -0.2) is 0 Å². The molecule has 6 nitrogen and oxygen atoms in total. The average molecular weight is 320 g/mol. The second-order valence-electron chi connectivity index (χ2n) is 4.94. The first-order valence-corrected chi connectivity index (χ1v) is 7.77. The summed E-state index contributed by atoms with van der Waals surface area (Å²) in [6.07, 6.45) is 3.49. The summed E-state index contributed by atoms with van der Waals surface area (Å²) in [6, 6.07) is 7.44. The highest BCUT2D eigenvalue weighted by atomic mass is 32.1. The molecule has 0 aliphatic rings. The van der Waals surface area contributed by atoms with Crippen LogP contribution in [0, 0.1) is 0 Å². The van der Waals surface area contributed by atoms with Crippen molar-refractivity contribution in [1.82, 2.24) is 21.3 Å². The molecule has 22 heavy (non-hydrogen) atoms. The van der Waals surface area contributed by atoms with Gasteiger partial charge in [-0.1, -0.05) is 37.1 Å². The Bertz CT molecular complexity index is 641. The Hall–Kier alpha value is -2.15. The lowest BCUT2D eigenvalue weighted by Crippen LogP contribution is -2.47. The van der Waals surface area contributed by atoms with E-state index in [-0.39, 0.29) is 12.3 Å². The summed E-state index contributed by atoms with van der Waals surface area (Å²) in [6.45, 7) is 2.94. The Kier molecular flexibility index (Phi) is 6.14. The molecule has 2 rings (SSSR count). The molecule has 1 amide bonds. The van der Waals surface area contributed by atoms with Crippen LogP contribution in [0.15, 0.2) is 28.8 Å². The van der Waals surface area contributed by atoms with Crippen LogP contribution in [0.4, 0.5) is 0 Å². The Morgan fingerprint density at radius 2 is 2.09 bits per heavy atom. The van der Waals surface area contributed by atoms with Gasteiger partial charge >= 0.3 is 0 Å². The molecule has 0 bridgehead atoms. The fraction of sp³-hybridized carbons (Fsp3) is 0.400. The van der Waals surface area contributed by atoms with Crippen molar-refractivity contribution in [2.45, 2.75) is 32.6 Å². The summed E-state index contributed by atoms with van der Waals surface area (Å²) in [7, 11) is 0. The van der Waals surface area contributed by atoms with Crippen LogP contribution < -0.4 is 16.2 Å². The molecule has 0 unspecified atom stereocenters. The smallest absolute Gasteiger partial charge is 0.244 e. The Morgan fingerprint density at radius 1 is 1.27 bits per heavy atom. The van der Waals surface area contributed by atoms with Gasteiger partial charge in [-0.05, 0) is 30.8 Å². The van der Waals surface area contributed by atoms with Crippen molar-refractivity contribution in [3.05, 3.63) is 30.0 Å². The molecule has 3 N–H and O–H groups in total. The number of benzene rings is 1. The van der Waals surface area contributed by atoms with Gasteiger partial charge in [0.05, 0.1) is 6.42 Å².